The Morgan fingerprint density at radius 2 is 1.85 bits per heavy atom. The molecule has 1 aromatic heterocycles. The van der Waals surface area contributed by atoms with Gasteiger partial charge in [0.1, 0.15) is 0 Å². The maximum Gasteiger partial charge on any atom is 0.238 e. The predicted octanol–water partition coefficient (Wildman–Crippen LogP) is 4.04. The van der Waals surface area contributed by atoms with E-state index in [2.05, 4.69) is 31.9 Å². The van der Waals surface area contributed by atoms with E-state index in [0.29, 0.717) is 17.5 Å². The Hall–Kier alpha value is -2.37. The first-order chi connectivity index (χ1) is 13.2. The second-order valence-corrected chi connectivity index (χ2v) is 7.60. The van der Waals surface area contributed by atoms with Gasteiger partial charge in [0.2, 0.25) is 5.91 Å². The van der Waals surface area contributed by atoms with E-state index < -0.39 is 0 Å². The number of amides is 1. The van der Waals surface area contributed by atoms with E-state index in [4.69, 9.17) is 11.6 Å². The molecular formula is C21H23ClN4O. The van der Waals surface area contributed by atoms with Crippen molar-refractivity contribution in [2.75, 3.05) is 25.0 Å². The molecule has 0 saturated carbocycles. The van der Waals surface area contributed by atoms with Gasteiger partial charge in [-0.2, -0.15) is 0 Å². The summed E-state index contributed by atoms with van der Waals surface area (Å²) in [5.41, 5.74) is 3.03. The SMILES string of the molecule is O=C(CN1CCC(Cn2cnc3ccccc32)CC1)Nc1ccc(Cl)cc1. The van der Waals surface area contributed by atoms with Crippen molar-refractivity contribution in [1.29, 1.82) is 0 Å². The van der Waals surface area contributed by atoms with Crippen molar-refractivity contribution in [2.24, 2.45) is 5.92 Å². The van der Waals surface area contributed by atoms with E-state index in [1.54, 1.807) is 12.1 Å². The van der Waals surface area contributed by atoms with E-state index in [-0.39, 0.29) is 5.91 Å². The lowest BCUT2D eigenvalue weighted by atomic mass is 9.96. The zero-order valence-corrected chi connectivity index (χ0v) is 15.9. The third-order valence-electron chi connectivity index (χ3n) is 5.18. The number of hydrogen-bond acceptors (Lipinski definition) is 3. The lowest BCUT2D eigenvalue weighted by Gasteiger charge is -2.31. The van der Waals surface area contributed by atoms with Crippen LogP contribution < -0.4 is 5.32 Å². The molecular weight excluding hydrogens is 360 g/mol. The number of likely N-dealkylation sites (tertiary alicyclic amines) is 1. The van der Waals surface area contributed by atoms with E-state index in [0.717, 1.165) is 43.7 Å². The second kappa shape index (κ2) is 8.11. The van der Waals surface area contributed by atoms with Crippen LogP contribution in [0.4, 0.5) is 5.69 Å². The molecule has 1 fully saturated rings. The number of fused-ring (bicyclic) bond motifs is 1. The number of carbonyl (C=O) groups excluding carboxylic acids is 1. The summed E-state index contributed by atoms with van der Waals surface area (Å²) in [5.74, 6) is 0.648. The Morgan fingerprint density at radius 1 is 1.11 bits per heavy atom. The average Bonchev–Trinajstić information content (AvgIpc) is 3.08. The monoisotopic (exact) mass is 382 g/mol. The Morgan fingerprint density at radius 3 is 2.63 bits per heavy atom. The summed E-state index contributed by atoms with van der Waals surface area (Å²) in [4.78, 5) is 19.0. The maximum atomic E-state index is 12.3. The highest BCUT2D eigenvalue weighted by Crippen LogP contribution is 2.22. The van der Waals surface area contributed by atoms with Gasteiger partial charge in [-0.25, -0.2) is 4.98 Å². The van der Waals surface area contributed by atoms with Crippen molar-refractivity contribution in [3.63, 3.8) is 0 Å². The van der Waals surface area contributed by atoms with Gasteiger partial charge in [-0.3, -0.25) is 9.69 Å². The molecule has 1 aliphatic heterocycles. The smallest absolute Gasteiger partial charge is 0.238 e. The molecule has 0 radical (unpaired) electrons. The summed E-state index contributed by atoms with van der Waals surface area (Å²) < 4.78 is 2.25. The third-order valence-corrected chi connectivity index (χ3v) is 5.44. The number of halogens is 1. The summed E-state index contributed by atoms with van der Waals surface area (Å²) >= 11 is 5.87. The number of hydrogen-bond donors (Lipinski definition) is 1. The van der Waals surface area contributed by atoms with E-state index in [1.165, 1.54) is 5.52 Å². The number of para-hydroxylation sites is 2. The van der Waals surface area contributed by atoms with Crippen molar-refractivity contribution in [3.05, 3.63) is 59.9 Å². The molecule has 3 aromatic rings. The predicted molar refractivity (Wildman–Crippen MR) is 109 cm³/mol. The van der Waals surface area contributed by atoms with E-state index in [1.807, 2.05) is 30.6 Å². The van der Waals surface area contributed by atoms with Gasteiger partial charge >= 0.3 is 0 Å². The minimum atomic E-state index is 0.0244. The van der Waals surface area contributed by atoms with Gasteiger partial charge in [-0.15, -0.1) is 0 Å². The normalized spacial score (nSPS) is 15.9. The number of nitrogens with one attached hydrogen (secondary N) is 1. The lowest BCUT2D eigenvalue weighted by molar-refractivity contribution is -0.117. The Balaban J connectivity index is 1.26. The fourth-order valence-electron chi connectivity index (χ4n) is 3.70. The van der Waals surface area contributed by atoms with Crippen LogP contribution in [0.3, 0.4) is 0 Å². The molecule has 1 aliphatic rings. The molecule has 1 amide bonds. The number of aromatic nitrogens is 2. The number of nitrogens with zero attached hydrogens (tertiary/aromatic N) is 3. The molecule has 4 rings (SSSR count). The first-order valence-corrected chi connectivity index (χ1v) is 9.73. The zero-order chi connectivity index (χ0) is 18.6. The number of imidazole rings is 1. The van der Waals surface area contributed by atoms with Crippen LogP contribution in [0.15, 0.2) is 54.9 Å². The Kier molecular flexibility index (Phi) is 5.41. The maximum absolute atomic E-state index is 12.3. The van der Waals surface area contributed by atoms with Crippen LogP contribution in [0.1, 0.15) is 12.8 Å². The largest absolute Gasteiger partial charge is 0.330 e. The van der Waals surface area contributed by atoms with Crippen molar-refractivity contribution in [3.8, 4) is 0 Å². The molecule has 0 aliphatic carbocycles. The quantitative estimate of drug-likeness (QED) is 0.724. The van der Waals surface area contributed by atoms with Crippen LogP contribution in [0.2, 0.25) is 5.02 Å². The first-order valence-electron chi connectivity index (χ1n) is 9.35. The van der Waals surface area contributed by atoms with Gasteiger partial charge < -0.3 is 9.88 Å². The van der Waals surface area contributed by atoms with Gasteiger partial charge in [0, 0.05) is 17.3 Å². The molecule has 0 unspecified atom stereocenters. The molecule has 140 valence electrons. The molecule has 2 heterocycles. The van der Waals surface area contributed by atoms with E-state index >= 15 is 0 Å². The molecule has 0 spiro atoms. The van der Waals surface area contributed by atoms with Crippen LogP contribution in [-0.2, 0) is 11.3 Å². The summed E-state index contributed by atoms with van der Waals surface area (Å²) in [5, 5.41) is 3.60. The highest BCUT2D eigenvalue weighted by atomic mass is 35.5. The molecule has 6 heteroatoms. The van der Waals surface area contributed by atoms with Gasteiger partial charge in [-0.1, -0.05) is 23.7 Å². The standard InChI is InChI=1S/C21H23ClN4O/c22-17-5-7-18(8-6-17)24-21(27)14-25-11-9-16(10-12-25)13-26-15-23-19-3-1-2-4-20(19)26/h1-8,15-16H,9-14H2,(H,24,27). The fraction of sp³-hybridized carbons (Fsp3) is 0.333. The molecule has 5 nitrogen and oxygen atoms in total. The van der Waals surface area contributed by atoms with Crippen LogP contribution in [0.25, 0.3) is 11.0 Å². The fourth-order valence-corrected chi connectivity index (χ4v) is 3.82. The Bertz CT molecular complexity index is 913. The minimum absolute atomic E-state index is 0.0244. The van der Waals surface area contributed by atoms with Gasteiger partial charge in [0.15, 0.2) is 0 Å². The minimum Gasteiger partial charge on any atom is -0.330 e. The van der Waals surface area contributed by atoms with Crippen LogP contribution in [0, 0.1) is 5.92 Å². The molecule has 2 aromatic carbocycles. The number of piperidine rings is 1. The summed E-state index contributed by atoms with van der Waals surface area (Å²) in [6, 6.07) is 15.5. The van der Waals surface area contributed by atoms with Crippen molar-refractivity contribution in [1.82, 2.24) is 14.5 Å². The highest BCUT2D eigenvalue weighted by molar-refractivity contribution is 6.30. The lowest BCUT2D eigenvalue weighted by Crippen LogP contribution is -2.39. The highest BCUT2D eigenvalue weighted by Gasteiger charge is 2.21. The topological polar surface area (TPSA) is 50.2 Å². The van der Waals surface area contributed by atoms with Crippen LogP contribution in [0.5, 0.6) is 0 Å². The average molecular weight is 383 g/mol. The van der Waals surface area contributed by atoms with Gasteiger partial charge in [0.05, 0.1) is 23.9 Å². The molecule has 1 saturated heterocycles. The van der Waals surface area contributed by atoms with Crippen molar-refractivity contribution in [2.45, 2.75) is 19.4 Å². The van der Waals surface area contributed by atoms with Crippen LogP contribution >= 0.6 is 11.6 Å². The molecule has 1 N–H and O–H groups in total. The number of carbonyl (C=O) groups is 1. The zero-order valence-electron chi connectivity index (χ0n) is 15.1. The second-order valence-electron chi connectivity index (χ2n) is 7.16. The van der Waals surface area contributed by atoms with Crippen molar-refractivity contribution < 1.29 is 4.79 Å². The van der Waals surface area contributed by atoms with Crippen molar-refractivity contribution >= 4 is 34.2 Å². The summed E-state index contributed by atoms with van der Waals surface area (Å²) in [6.45, 7) is 3.32. The number of anilines is 1. The summed E-state index contributed by atoms with van der Waals surface area (Å²) in [7, 11) is 0. The summed E-state index contributed by atoms with van der Waals surface area (Å²) in [6.07, 6.45) is 4.14. The molecule has 0 bridgehead atoms. The number of rotatable bonds is 5. The number of benzene rings is 2. The molecule has 0 atom stereocenters. The third kappa shape index (κ3) is 4.49. The molecule has 27 heavy (non-hydrogen) atoms. The Labute approximate surface area is 163 Å². The van der Waals surface area contributed by atoms with E-state index in [9.17, 15) is 4.79 Å². The van der Waals surface area contributed by atoms with Crippen LogP contribution in [-0.4, -0.2) is 40.0 Å². The first kappa shape index (κ1) is 18.0. The van der Waals surface area contributed by atoms with Gasteiger partial charge in [-0.05, 0) is 68.2 Å². The van der Waals surface area contributed by atoms with Gasteiger partial charge in [0.25, 0.3) is 0 Å².